The standard InChI is InChI=1S/C15H16N3O7P.CH2O3/c19-13-4-6-18(15(20)17-13)14-2-1-11(24-14)9-23-26(21)22-8-10-3-5-16-7-12(10)25-26;2-1(3)4/h3-7,11,14H,1-2,8-9H2,(H,17,19,20);(H2,2,3,4). The number of phosphoric acid groups is 1. The molecule has 0 aliphatic carbocycles. The minimum absolute atomic E-state index is 0.0124. The van der Waals surface area contributed by atoms with Crippen molar-refractivity contribution in [1.82, 2.24) is 14.5 Å². The summed E-state index contributed by atoms with van der Waals surface area (Å²) < 4.78 is 35.5. The molecule has 0 aromatic carbocycles. The van der Waals surface area contributed by atoms with Crippen LogP contribution in [0.2, 0.25) is 0 Å². The predicted octanol–water partition coefficient (Wildman–Crippen LogP) is 1.57. The highest BCUT2D eigenvalue weighted by Crippen LogP contribution is 2.54. The highest BCUT2D eigenvalue weighted by molar-refractivity contribution is 7.49. The van der Waals surface area contributed by atoms with Gasteiger partial charge in [-0.3, -0.25) is 28.4 Å². The minimum atomic E-state index is -3.74. The van der Waals surface area contributed by atoms with E-state index in [1.807, 2.05) is 0 Å². The number of aromatic amines is 1. The second-order valence-electron chi connectivity index (χ2n) is 6.18. The third-order valence-corrected chi connectivity index (χ3v) is 5.45. The summed E-state index contributed by atoms with van der Waals surface area (Å²) in [7, 11) is -3.74. The van der Waals surface area contributed by atoms with Crippen LogP contribution in [0.15, 0.2) is 40.3 Å². The zero-order valence-corrected chi connectivity index (χ0v) is 16.3. The second kappa shape index (κ2) is 9.22. The molecule has 13 nitrogen and oxygen atoms in total. The van der Waals surface area contributed by atoms with Gasteiger partial charge in [-0.15, -0.1) is 0 Å². The monoisotopic (exact) mass is 443 g/mol. The van der Waals surface area contributed by atoms with Gasteiger partial charge in [0, 0.05) is 24.0 Å². The normalized spacial score (nSPS) is 24.8. The number of hydrogen-bond donors (Lipinski definition) is 3. The number of carboxylic acid groups (broad SMARTS) is 2. The Hall–Kier alpha value is -2.99. The van der Waals surface area contributed by atoms with Gasteiger partial charge < -0.3 is 19.5 Å². The molecule has 1 saturated heterocycles. The number of pyridine rings is 1. The van der Waals surface area contributed by atoms with Crippen LogP contribution in [0.4, 0.5) is 4.79 Å². The number of carbonyl (C=O) groups is 1. The molecular weight excluding hydrogens is 425 g/mol. The molecule has 0 bridgehead atoms. The van der Waals surface area contributed by atoms with E-state index in [-0.39, 0.29) is 19.3 Å². The Labute approximate surface area is 168 Å². The third kappa shape index (κ3) is 5.54. The molecule has 3 unspecified atom stereocenters. The molecule has 2 aromatic heterocycles. The molecule has 4 rings (SSSR count). The molecule has 0 amide bonds. The summed E-state index contributed by atoms with van der Waals surface area (Å²) in [5, 5.41) is 13.9. The number of ether oxygens (including phenoxy) is 1. The lowest BCUT2D eigenvalue weighted by Crippen LogP contribution is -2.31. The van der Waals surface area contributed by atoms with Crippen molar-refractivity contribution in [2.45, 2.75) is 31.8 Å². The zero-order chi connectivity index (χ0) is 21.7. The van der Waals surface area contributed by atoms with Gasteiger partial charge >= 0.3 is 19.7 Å². The molecule has 0 spiro atoms. The van der Waals surface area contributed by atoms with Gasteiger partial charge in [-0.05, 0) is 18.9 Å². The number of fused-ring (bicyclic) bond motifs is 1. The average molecular weight is 443 g/mol. The van der Waals surface area contributed by atoms with Crippen LogP contribution in [-0.4, -0.2) is 43.6 Å². The molecule has 2 aromatic rings. The van der Waals surface area contributed by atoms with Crippen LogP contribution in [0.25, 0.3) is 0 Å². The molecule has 14 heteroatoms. The molecule has 1 fully saturated rings. The van der Waals surface area contributed by atoms with Crippen molar-refractivity contribution in [3.63, 3.8) is 0 Å². The quantitative estimate of drug-likeness (QED) is 0.584. The molecule has 0 saturated carbocycles. The number of H-pyrrole nitrogens is 1. The van der Waals surface area contributed by atoms with Gasteiger partial charge in [-0.25, -0.2) is 14.2 Å². The smallest absolute Gasteiger partial charge is 0.450 e. The summed E-state index contributed by atoms with van der Waals surface area (Å²) in [6.07, 6.45) is 2.84. The first kappa shape index (κ1) is 21.7. The lowest BCUT2D eigenvalue weighted by atomic mass is 10.2. The van der Waals surface area contributed by atoms with Crippen molar-refractivity contribution in [1.29, 1.82) is 0 Å². The van der Waals surface area contributed by atoms with E-state index in [1.165, 1.54) is 23.0 Å². The van der Waals surface area contributed by atoms with Crippen LogP contribution in [0.1, 0.15) is 24.6 Å². The van der Waals surface area contributed by atoms with Gasteiger partial charge in [-0.1, -0.05) is 0 Å². The van der Waals surface area contributed by atoms with Crippen molar-refractivity contribution in [3.8, 4) is 5.75 Å². The zero-order valence-electron chi connectivity index (χ0n) is 15.4. The number of phosphoric ester groups is 1. The maximum absolute atomic E-state index is 12.6. The predicted molar refractivity (Wildman–Crippen MR) is 98.3 cm³/mol. The van der Waals surface area contributed by atoms with E-state index in [4.69, 9.17) is 33.3 Å². The van der Waals surface area contributed by atoms with E-state index < -0.39 is 31.5 Å². The molecular formula is C16H18N3O10P. The summed E-state index contributed by atoms with van der Waals surface area (Å²) in [4.78, 5) is 37.6. The van der Waals surface area contributed by atoms with Crippen molar-refractivity contribution in [3.05, 3.63) is 57.1 Å². The molecule has 3 N–H and O–H groups in total. The Bertz CT molecular complexity index is 1060. The van der Waals surface area contributed by atoms with Crippen LogP contribution in [0.5, 0.6) is 5.75 Å². The number of nitrogens with one attached hydrogen (secondary N) is 1. The van der Waals surface area contributed by atoms with Crippen molar-refractivity contribution < 1.29 is 37.9 Å². The fraction of sp³-hybridized carbons (Fsp3) is 0.375. The number of nitrogens with zero attached hydrogens (tertiary/aromatic N) is 2. The fourth-order valence-electron chi connectivity index (χ4n) is 2.81. The number of rotatable bonds is 4. The maximum Gasteiger partial charge on any atom is 0.530 e. The van der Waals surface area contributed by atoms with Gasteiger partial charge in [0.2, 0.25) is 0 Å². The van der Waals surface area contributed by atoms with Crippen molar-refractivity contribution in [2.24, 2.45) is 0 Å². The topological polar surface area (TPSA) is 179 Å². The molecule has 0 radical (unpaired) electrons. The maximum atomic E-state index is 12.6. The Balaban J connectivity index is 0.000000589. The average Bonchev–Trinajstić information content (AvgIpc) is 3.15. The lowest BCUT2D eigenvalue weighted by Gasteiger charge is -2.25. The van der Waals surface area contributed by atoms with Gasteiger partial charge in [0.15, 0.2) is 5.75 Å². The van der Waals surface area contributed by atoms with Crippen LogP contribution in [0, 0.1) is 0 Å². The number of hydrogen-bond acceptors (Lipinski definition) is 9. The Morgan fingerprint density at radius 1 is 1.33 bits per heavy atom. The first-order valence-electron chi connectivity index (χ1n) is 8.66. The van der Waals surface area contributed by atoms with E-state index in [0.29, 0.717) is 18.6 Å². The van der Waals surface area contributed by atoms with Crippen LogP contribution >= 0.6 is 7.82 Å². The van der Waals surface area contributed by atoms with Gasteiger partial charge in [0.25, 0.3) is 5.56 Å². The molecule has 4 heterocycles. The lowest BCUT2D eigenvalue weighted by molar-refractivity contribution is -0.0264. The first-order valence-corrected chi connectivity index (χ1v) is 10.1. The largest absolute Gasteiger partial charge is 0.530 e. The Morgan fingerprint density at radius 2 is 2.10 bits per heavy atom. The summed E-state index contributed by atoms with van der Waals surface area (Å²) in [6, 6.07) is 2.97. The Kier molecular flexibility index (Phi) is 6.67. The van der Waals surface area contributed by atoms with Gasteiger partial charge in [0.1, 0.15) is 6.23 Å². The van der Waals surface area contributed by atoms with Crippen molar-refractivity contribution >= 4 is 14.0 Å². The molecule has 162 valence electrons. The van der Waals surface area contributed by atoms with Gasteiger partial charge in [0.05, 0.1) is 25.5 Å². The van der Waals surface area contributed by atoms with Crippen LogP contribution in [-0.2, 0) is 25.0 Å². The number of aromatic nitrogens is 3. The molecule has 3 atom stereocenters. The Morgan fingerprint density at radius 3 is 2.83 bits per heavy atom. The SMILES string of the molecule is O=C(O)O.O=c1ccn(C2CCC(COP3(=O)OCc4ccncc4O3)O2)c(=O)[nH]1. The third-order valence-electron chi connectivity index (χ3n) is 4.12. The van der Waals surface area contributed by atoms with E-state index >= 15 is 0 Å². The van der Waals surface area contributed by atoms with E-state index in [2.05, 4.69) is 9.97 Å². The van der Waals surface area contributed by atoms with E-state index in [1.54, 1.807) is 12.3 Å². The summed E-state index contributed by atoms with van der Waals surface area (Å²) in [5.41, 5.74) is -0.270. The molecule has 2 aliphatic rings. The first-order chi connectivity index (χ1) is 14.3. The van der Waals surface area contributed by atoms with E-state index in [9.17, 15) is 14.2 Å². The molecule has 2 aliphatic heterocycles. The second-order valence-corrected chi connectivity index (χ2v) is 7.77. The fourth-order valence-corrected chi connectivity index (χ4v) is 4.04. The molecule has 30 heavy (non-hydrogen) atoms. The summed E-state index contributed by atoms with van der Waals surface area (Å²) >= 11 is 0. The van der Waals surface area contributed by atoms with Crippen LogP contribution < -0.4 is 15.8 Å². The van der Waals surface area contributed by atoms with Gasteiger partial charge in [-0.2, -0.15) is 0 Å². The summed E-state index contributed by atoms with van der Waals surface area (Å²) in [6.45, 7) is 0.0948. The van der Waals surface area contributed by atoms with Crippen LogP contribution in [0.3, 0.4) is 0 Å². The van der Waals surface area contributed by atoms with Crippen molar-refractivity contribution in [2.75, 3.05) is 6.61 Å². The highest BCUT2D eigenvalue weighted by atomic mass is 31.2. The minimum Gasteiger partial charge on any atom is -0.450 e. The highest BCUT2D eigenvalue weighted by Gasteiger charge is 2.37. The summed E-state index contributed by atoms with van der Waals surface area (Å²) in [5.74, 6) is 0.368. The van der Waals surface area contributed by atoms with E-state index in [0.717, 1.165) is 5.56 Å².